The number of aromatic nitrogens is 2. The number of nitrogens with zero attached hydrogens (tertiary/aromatic N) is 4. The second-order valence-corrected chi connectivity index (χ2v) is 8.28. The summed E-state index contributed by atoms with van der Waals surface area (Å²) in [6.07, 6.45) is 3.67. The number of fused-ring (bicyclic) bond motifs is 1. The van der Waals surface area contributed by atoms with Crippen LogP contribution in [0.15, 0.2) is 42.5 Å². The van der Waals surface area contributed by atoms with E-state index in [9.17, 15) is 0 Å². The number of ether oxygens (including phenoxy) is 1. The predicted molar refractivity (Wildman–Crippen MR) is 119 cm³/mol. The van der Waals surface area contributed by atoms with Crippen molar-refractivity contribution in [1.29, 1.82) is 0 Å². The van der Waals surface area contributed by atoms with Crippen molar-refractivity contribution in [2.24, 2.45) is 0 Å². The number of piperazine rings is 1. The lowest BCUT2D eigenvalue weighted by atomic mass is 9.85. The van der Waals surface area contributed by atoms with Gasteiger partial charge in [-0.05, 0) is 43.2 Å². The van der Waals surface area contributed by atoms with E-state index in [0.717, 1.165) is 65.2 Å². The first kappa shape index (κ1) is 18.5. The molecule has 0 N–H and O–H groups in total. The zero-order valence-corrected chi connectivity index (χ0v) is 17.4. The maximum atomic E-state index is 6.31. The predicted octanol–water partition coefficient (Wildman–Crippen LogP) is 4.89. The number of methoxy groups -OCH3 is 1. The molecule has 6 heteroatoms. The van der Waals surface area contributed by atoms with E-state index in [4.69, 9.17) is 26.3 Å². The minimum absolute atomic E-state index is 0.503. The zero-order chi connectivity index (χ0) is 19.8. The summed E-state index contributed by atoms with van der Waals surface area (Å²) in [5.74, 6) is 3.45. The standard InChI is InChI=1S/C23H25ClN4O/c1-29-21-8-3-2-7-20(21)27-11-13-28(14-12-27)23-18-15-17(24)9-10-19(18)25-22(26-23)16-5-4-6-16/h2-3,7-10,15-16H,4-6,11-14H2,1H3. The monoisotopic (exact) mass is 408 g/mol. The molecule has 1 aliphatic carbocycles. The summed E-state index contributed by atoms with van der Waals surface area (Å²) in [4.78, 5) is 14.7. The number of anilines is 2. The lowest BCUT2D eigenvalue weighted by Gasteiger charge is -2.38. The Morgan fingerprint density at radius 3 is 2.45 bits per heavy atom. The van der Waals surface area contributed by atoms with Gasteiger partial charge in [-0.3, -0.25) is 0 Å². The molecule has 2 heterocycles. The van der Waals surface area contributed by atoms with Gasteiger partial charge in [0.1, 0.15) is 17.4 Å². The van der Waals surface area contributed by atoms with Crippen LogP contribution in [0.2, 0.25) is 5.02 Å². The third-order valence-corrected chi connectivity index (χ3v) is 6.37. The maximum absolute atomic E-state index is 6.31. The van der Waals surface area contributed by atoms with Crippen molar-refractivity contribution < 1.29 is 4.74 Å². The Morgan fingerprint density at radius 2 is 1.72 bits per heavy atom. The molecule has 29 heavy (non-hydrogen) atoms. The molecule has 0 bridgehead atoms. The molecule has 0 amide bonds. The molecule has 2 aromatic carbocycles. The number of halogens is 1. The molecule has 0 radical (unpaired) electrons. The SMILES string of the molecule is COc1ccccc1N1CCN(c2nc(C3CCC3)nc3ccc(Cl)cc23)CC1. The first-order valence-corrected chi connectivity index (χ1v) is 10.7. The zero-order valence-electron chi connectivity index (χ0n) is 16.6. The first-order valence-electron chi connectivity index (χ1n) is 10.3. The third-order valence-electron chi connectivity index (χ3n) is 6.13. The van der Waals surface area contributed by atoms with E-state index >= 15 is 0 Å². The second kappa shape index (κ2) is 7.71. The van der Waals surface area contributed by atoms with Crippen LogP contribution in [-0.4, -0.2) is 43.3 Å². The Bertz CT molecular complexity index is 1030. The van der Waals surface area contributed by atoms with Crippen molar-refractivity contribution in [3.63, 3.8) is 0 Å². The largest absolute Gasteiger partial charge is 0.495 e. The van der Waals surface area contributed by atoms with Crippen LogP contribution >= 0.6 is 11.6 Å². The Balaban J connectivity index is 1.44. The van der Waals surface area contributed by atoms with Gasteiger partial charge in [0, 0.05) is 42.5 Å². The van der Waals surface area contributed by atoms with E-state index in [1.807, 2.05) is 30.3 Å². The molecule has 0 atom stereocenters. The average Bonchev–Trinajstić information content (AvgIpc) is 2.72. The van der Waals surface area contributed by atoms with Crippen LogP contribution in [0.3, 0.4) is 0 Å². The van der Waals surface area contributed by atoms with E-state index in [1.165, 1.54) is 19.3 Å². The Morgan fingerprint density at radius 1 is 0.966 bits per heavy atom. The Kier molecular flexibility index (Phi) is 4.92. The molecule has 1 aromatic heterocycles. The van der Waals surface area contributed by atoms with E-state index < -0.39 is 0 Å². The quantitative estimate of drug-likeness (QED) is 0.615. The number of hydrogen-bond donors (Lipinski definition) is 0. The van der Waals surface area contributed by atoms with Crippen molar-refractivity contribution in [3.8, 4) is 5.75 Å². The summed E-state index contributed by atoms with van der Waals surface area (Å²) in [6.45, 7) is 3.65. The Labute approximate surface area is 176 Å². The molecule has 2 fully saturated rings. The Hall–Kier alpha value is -2.53. The summed E-state index contributed by atoms with van der Waals surface area (Å²) in [5.41, 5.74) is 2.15. The second-order valence-electron chi connectivity index (χ2n) is 7.84. The molecule has 3 aromatic rings. The van der Waals surface area contributed by atoms with Gasteiger partial charge in [-0.1, -0.05) is 30.2 Å². The van der Waals surface area contributed by atoms with Gasteiger partial charge in [0.25, 0.3) is 0 Å². The highest BCUT2D eigenvalue weighted by molar-refractivity contribution is 6.31. The van der Waals surface area contributed by atoms with Crippen molar-refractivity contribution >= 4 is 34.0 Å². The van der Waals surface area contributed by atoms with Gasteiger partial charge in [0.05, 0.1) is 18.3 Å². The van der Waals surface area contributed by atoms with Crippen molar-refractivity contribution in [2.75, 3.05) is 43.1 Å². The molecule has 0 unspecified atom stereocenters. The highest BCUT2D eigenvalue weighted by Crippen LogP contribution is 2.37. The maximum Gasteiger partial charge on any atom is 0.142 e. The number of para-hydroxylation sites is 2. The molecular formula is C23H25ClN4O. The van der Waals surface area contributed by atoms with E-state index in [0.29, 0.717) is 5.92 Å². The smallest absolute Gasteiger partial charge is 0.142 e. The highest BCUT2D eigenvalue weighted by Gasteiger charge is 2.27. The van der Waals surface area contributed by atoms with Crippen LogP contribution in [0.1, 0.15) is 31.0 Å². The normalized spacial score (nSPS) is 17.4. The van der Waals surface area contributed by atoms with Gasteiger partial charge >= 0.3 is 0 Å². The fraction of sp³-hybridized carbons (Fsp3) is 0.391. The van der Waals surface area contributed by atoms with Crippen LogP contribution < -0.4 is 14.5 Å². The molecule has 2 aliphatic rings. The molecule has 1 saturated carbocycles. The van der Waals surface area contributed by atoms with Crippen LogP contribution in [0.4, 0.5) is 11.5 Å². The molecule has 1 aliphatic heterocycles. The fourth-order valence-corrected chi connectivity index (χ4v) is 4.41. The third kappa shape index (κ3) is 3.48. The van der Waals surface area contributed by atoms with Gasteiger partial charge in [0.2, 0.25) is 0 Å². The molecule has 150 valence electrons. The summed E-state index contributed by atoms with van der Waals surface area (Å²) in [7, 11) is 1.73. The molecule has 0 spiro atoms. The molecular weight excluding hydrogens is 384 g/mol. The van der Waals surface area contributed by atoms with Gasteiger partial charge in [-0.25, -0.2) is 9.97 Å². The molecule has 5 rings (SSSR count). The summed E-state index contributed by atoms with van der Waals surface area (Å²) in [5, 5.41) is 1.78. The van der Waals surface area contributed by atoms with Crippen LogP contribution in [0.5, 0.6) is 5.75 Å². The van der Waals surface area contributed by atoms with E-state index in [1.54, 1.807) is 7.11 Å². The number of hydrogen-bond acceptors (Lipinski definition) is 5. The lowest BCUT2D eigenvalue weighted by molar-refractivity contribution is 0.402. The average molecular weight is 409 g/mol. The minimum atomic E-state index is 0.503. The summed E-state index contributed by atoms with van der Waals surface area (Å²) < 4.78 is 5.55. The van der Waals surface area contributed by atoms with Crippen LogP contribution in [-0.2, 0) is 0 Å². The van der Waals surface area contributed by atoms with Crippen molar-refractivity contribution in [3.05, 3.63) is 53.3 Å². The fourth-order valence-electron chi connectivity index (χ4n) is 4.24. The summed E-state index contributed by atoms with van der Waals surface area (Å²) in [6, 6.07) is 14.2. The van der Waals surface area contributed by atoms with E-state index in [-0.39, 0.29) is 0 Å². The van der Waals surface area contributed by atoms with Gasteiger partial charge in [-0.15, -0.1) is 0 Å². The number of rotatable bonds is 4. The van der Waals surface area contributed by atoms with Crippen molar-refractivity contribution in [2.45, 2.75) is 25.2 Å². The topological polar surface area (TPSA) is 41.5 Å². The summed E-state index contributed by atoms with van der Waals surface area (Å²) >= 11 is 6.31. The lowest BCUT2D eigenvalue weighted by Crippen LogP contribution is -2.47. The van der Waals surface area contributed by atoms with Gasteiger partial charge < -0.3 is 14.5 Å². The van der Waals surface area contributed by atoms with E-state index in [2.05, 4.69) is 21.9 Å². The van der Waals surface area contributed by atoms with Gasteiger partial charge in [-0.2, -0.15) is 0 Å². The molecule has 1 saturated heterocycles. The van der Waals surface area contributed by atoms with Gasteiger partial charge in [0.15, 0.2) is 0 Å². The van der Waals surface area contributed by atoms with Crippen LogP contribution in [0, 0.1) is 0 Å². The highest BCUT2D eigenvalue weighted by atomic mass is 35.5. The van der Waals surface area contributed by atoms with Crippen molar-refractivity contribution in [1.82, 2.24) is 9.97 Å². The van der Waals surface area contributed by atoms with Crippen LogP contribution in [0.25, 0.3) is 10.9 Å². The first-order chi connectivity index (χ1) is 14.2. The minimum Gasteiger partial charge on any atom is -0.495 e. The number of benzene rings is 2. The molecule has 5 nitrogen and oxygen atoms in total.